The number of unbranched alkanes of at least 4 members (excludes halogenated alkanes) is 7. The number of rotatable bonds is 7. The van der Waals surface area contributed by atoms with Gasteiger partial charge >= 0.3 is 51.4 Å². The van der Waals surface area contributed by atoms with Crippen molar-refractivity contribution in [2.45, 2.75) is 58.3 Å². The third-order valence-corrected chi connectivity index (χ3v) is 1.85. The summed E-state index contributed by atoms with van der Waals surface area (Å²) in [4.78, 5) is 0. The monoisotopic (exact) mass is 180 g/mol. The smallest absolute Gasteiger partial charge is 0.343 e. The van der Waals surface area contributed by atoms with Crippen molar-refractivity contribution in [3.05, 3.63) is 6.92 Å². The van der Waals surface area contributed by atoms with Crippen LogP contribution in [0.25, 0.3) is 0 Å². The molecule has 0 radical (unpaired) electrons. The SMILES string of the molecule is [CH2-]CCCCCCCCC.[K+]. The van der Waals surface area contributed by atoms with Gasteiger partial charge in [0.2, 0.25) is 0 Å². The molecule has 0 aromatic carbocycles. The van der Waals surface area contributed by atoms with Crippen molar-refractivity contribution in [1.29, 1.82) is 0 Å². The van der Waals surface area contributed by atoms with Crippen LogP contribution in [0.4, 0.5) is 0 Å². The van der Waals surface area contributed by atoms with E-state index in [1.54, 1.807) is 0 Å². The fraction of sp³-hybridized carbons (Fsp3) is 0.900. The van der Waals surface area contributed by atoms with Crippen LogP contribution >= 0.6 is 0 Å². The zero-order valence-corrected chi connectivity index (χ0v) is 11.5. The van der Waals surface area contributed by atoms with Crippen LogP contribution < -0.4 is 51.4 Å². The maximum absolute atomic E-state index is 3.82. The summed E-state index contributed by atoms with van der Waals surface area (Å²) in [5.41, 5.74) is 0. The summed E-state index contributed by atoms with van der Waals surface area (Å²) in [5.74, 6) is 0. The Kier molecular flexibility index (Phi) is 19.5. The molecule has 1 heteroatoms. The van der Waals surface area contributed by atoms with Gasteiger partial charge < -0.3 is 6.92 Å². The van der Waals surface area contributed by atoms with Crippen molar-refractivity contribution in [2.75, 3.05) is 0 Å². The van der Waals surface area contributed by atoms with E-state index in [9.17, 15) is 0 Å². The van der Waals surface area contributed by atoms with Gasteiger partial charge in [0.1, 0.15) is 0 Å². The Labute approximate surface area is 115 Å². The van der Waals surface area contributed by atoms with E-state index in [0.29, 0.717) is 0 Å². The second kappa shape index (κ2) is 14.2. The predicted molar refractivity (Wildman–Crippen MR) is 48.0 cm³/mol. The van der Waals surface area contributed by atoms with Gasteiger partial charge in [0.25, 0.3) is 0 Å². The quantitative estimate of drug-likeness (QED) is 0.311. The van der Waals surface area contributed by atoms with Crippen LogP contribution in [0.15, 0.2) is 0 Å². The molecule has 0 aliphatic heterocycles. The molecule has 0 aromatic heterocycles. The van der Waals surface area contributed by atoms with E-state index in [0.717, 1.165) is 6.42 Å². The second-order valence-electron chi connectivity index (χ2n) is 2.97. The van der Waals surface area contributed by atoms with Gasteiger partial charge in [-0.1, -0.05) is 51.9 Å². The molecule has 0 saturated heterocycles. The summed E-state index contributed by atoms with van der Waals surface area (Å²) in [7, 11) is 0. The van der Waals surface area contributed by atoms with Crippen LogP contribution in [0.3, 0.4) is 0 Å². The summed E-state index contributed by atoms with van der Waals surface area (Å²) in [6.45, 7) is 6.08. The van der Waals surface area contributed by atoms with Gasteiger partial charge in [-0.3, -0.25) is 0 Å². The van der Waals surface area contributed by atoms with E-state index in [2.05, 4.69) is 13.8 Å². The molecular formula is C10H21K. The molecule has 0 aromatic rings. The number of hydrogen-bond donors (Lipinski definition) is 0. The van der Waals surface area contributed by atoms with Crippen molar-refractivity contribution >= 4 is 0 Å². The fourth-order valence-electron chi connectivity index (χ4n) is 1.13. The largest absolute Gasteiger partial charge is 1.00 e. The van der Waals surface area contributed by atoms with Crippen LogP contribution in [0, 0.1) is 6.92 Å². The Morgan fingerprint density at radius 3 is 1.73 bits per heavy atom. The predicted octanol–water partition coefficient (Wildman–Crippen LogP) is 0.965. The second-order valence-corrected chi connectivity index (χ2v) is 2.97. The Morgan fingerprint density at radius 1 is 0.818 bits per heavy atom. The van der Waals surface area contributed by atoms with Crippen LogP contribution in [0.5, 0.6) is 0 Å². The van der Waals surface area contributed by atoms with Crippen LogP contribution in [0.2, 0.25) is 0 Å². The molecule has 0 bridgehead atoms. The van der Waals surface area contributed by atoms with Crippen molar-refractivity contribution < 1.29 is 51.4 Å². The van der Waals surface area contributed by atoms with E-state index < -0.39 is 0 Å². The molecule has 11 heavy (non-hydrogen) atoms. The molecule has 0 aliphatic rings. The molecule has 0 saturated carbocycles. The molecule has 0 heterocycles. The maximum atomic E-state index is 3.82. The summed E-state index contributed by atoms with van der Waals surface area (Å²) in [5, 5.41) is 0. The third kappa shape index (κ3) is 14.5. The van der Waals surface area contributed by atoms with Gasteiger partial charge in [-0.15, -0.1) is 0 Å². The van der Waals surface area contributed by atoms with E-state index in [4.69, 9.17) is 0 Å². The van der Waals surface area contributed by atoms with Gasteiger partial charge in [0.15, 0.2) is 0 Å². The summed E-state index contributed by atoms with van der Waals surface area (Å²) in [6.07, 6.45) is 10.9. The van der Waals surface area contributed by atoms with Crippen LogP contribution in [-0.2, 0) is 0 Å². The molecule has 0 amide bonds. The average Bonchev–Trinajstić information content (AvgIpc) is 1.97. The summed E-state index contributed by atoms with van der Waals surface area (Å²) >= 11 is 0. The molecule has 0 spiro atoms. The van der Waals surface area contributed by atoms with Crippen molar-refractivity contribution in [3.8, 4) is 0 Å². The molecular weight excluding hydrogens is 159 g/mol. The minimum atomic E-state index is 0. The van der Waals surface area contributed by atoms with Crippen molar-refractivity contribution in [3.63, 3.8) is 0 Å². The molecule has 62 valence electrons. The Bertz CT molecular complexity index is 44.8. The molecule has 0 rings (SSSR count). The third-order valence-electron chi connectivity index (χ3n) is 1.85. The zero-order chi connectivity index (χ0) is 7.66. The van der Waals surface area contributed by atoms with Gasteiger partial charge in [-0.25, -0.2) is 0 Å². The minimum Gasteiger partial charge on any atom is -0.343 e. The first-order chi connectivity index (χ1) is 4.91. The first-order valence-electron chi connectivity index (χ1n) is 4.71. The van der Waals surface area contributed by atoms with Gasteiger partial charge in [0.05, 0.1) is 0 Å². The molecule has 0 nitrogen and oxygen atoms in total. The fourth-order valence-corrected chi connectivity index (χ4v) is 1.13. The summed E-state index contributed by atoms with van der Waals surface area (Å²) < 4.78 is 0. The maximum Gasteiger partial charge on any atom is 1.00 e. The topological polar surface area (TPSA) is 0 Å². The van der Waals surface area contributed by atoms with Crippen molar-refractivity contribution in [1.82, 2.24) is 0 Å². The molecule has 0 fully saturated rings. The van der Waals surface area contributed by atoms with E-state index >= 15 is 0 Å². The molecule has 0 aliphatic carbocycles. The van der Waals surface area contributed by atoms with Gasteiger partial charge in [0, 0.05) is 0 Å². The van der Waals surface area contributed by atoms with E-state index in [-0.39, 0.29) is 51.4 Å². The Morgan fingerprint density at radius 2 is 1.27 bits per heavy atom. The Balaban J connectivity index is 0. The van der Waals surface area contributed by atoms with Crippen LogP contribution in [0.1, 0.15) is 58.3 Å². The van der Waals surface area contributed by atoms with Crippen molar-refractivity contribution in [2.24, 2.45) is 0 Å². The summed E-state index contributed by atoms with van der Waals surface area (Å²) in [6, 6.07) is 0. The van der Waals surface area contributed by atoms with E-state index in [1.165, 1.54) is 44.9 Å². The normalized spacial score (nSPS) is 9.27. The van der Waals surface area contributed by atoms with Gasteiger partial charge in [-0.2, -0.15) is 6.42 Å². The molecule has 0 unspecified atom stereocenters. The Hall–Kier alpha value is 1.64. The van der Waals surface area contributed by atoms with Gasteiger partial charge in [-0.05, 0) is 0 Å². The number of hydrogen-bond acceptors (Lipinski definition) is 0. The first-order valence-corrected chi connectivity index (χ1v) is 4.71. The van der Waals surface area contributed by atoms with Crippen LogP contribution in [-0.4, -0.2) is 0 Å². The molecule has 0 N–H and O–H groups in total. The average molecular weight is 180 g/mol. The zero-order valence-electron chi connectivity index (χ0n) is 8.36. The first kappa shape index (κ1) is 15.1. The van der Waals surface area contributed by atoms with E-state index in [1.807, 2.05) is 0 Å². The minimum absolute atomic E-state index is 0. The standard InChI is InChI=1S/C10H21.K/c1-3-5-7-9-10-8-6-4-2;/h1,3-10H2,2H3;/q-1;+1. The molecule has 0 atom stereocenters.